The number of hydrogen-bond acceptors (Lipinski definition) is 3. The maximum atomic E-state index is 6.09. The summed E-state index contributed by atoms with van der Waals surface area (Å²) in [5.41, 5.74) is 1.14. The molecule has 1 aromatic rings. The van der Waals surface area contributed by atoms with Gasteiger partial charge >= 0.3 is 0 Å². The van der Waals surface area contributed by atoms with E-state index in [9.17, 15) is 0 Å². The van der Waals surface area contributed by atoms with Crippen molar-refractivity contribution in [3.63, 3.8) is 0 Å². The Kier molecular flexibility index (Phi) is 4.15. The predicted molar refractivity (Wildman–Crippen MR) is 73.5 cm³/mol. The van der Waals surface area contributed by atoms with Crippen LogP contribution in [-0.4, -0.2) is 31.4 Å². The number of benzene rings is 1. The molecule has 0 spiro atoms. The van der Waals surface area contributed by atoms with Gasteiger partial charge in [0.25, 0.3) is 0 Å². The fraction of sp³-hybridized carbons (Fsp3) is 0.571. The quantitative estimate of drug-likeness (QED) is 0.915. The van der Waals surface area contributed by atoms with Crippen molar-refractivity contribution < 1.29 is 9.47 Å². The van der Waals surface area contributed by atoms with Gasteiger partial charge in [-0.3, -0.25) is 0 Å². The molecule has 3 nitrogen and oxygen atoms in total. The Morgan fingerprint density at radius 2 is 2.28 bits per heavy atom. The number of rotatable bonds is 3. The minimum absolute atomic E-state index is 0.00265. The van der Waals surface area contributed by atoms with Crippen LogP contribution in [0.1, 0.15) is 19.4 Å². The first-order valence-electron chi connectivity index (χ1n) is 6.21. The lowest BCUT2D eigenvalue weighted by atomic mass is 10.0. The zero-order chi connectivity index (χ0) is 13.2. The van der Waals surface area contributed by atoms with E-state index in [1.165, 1.54) is 0 Å². The third-order valence-electron chi connectivity index (χ3n) is 2.90. The molecule has 2 rings (SSSR count). The summed E-state index contributed by atoms with van der Waals surface area (Å²) in [5, 5.41) is 4.15. The van der Waals surface area contributed by atoms with Gasteiger partial charge in [0.15, 0.2) is 0 Å². The number of aryl methyl sites for hydroxylation is 1. The van der Waals surface area contributed by atoms with E-state index in [0.717, 1.165) is 17.9 Å². The molecule has 1 aromatic carbocycles. The van der Waals surface area contributed by atoms with Crippen LogP contribution in [0, 0.1) is 6.92 Å². The molecule has 0 amide bonds. The van der Waals surface area contributed by atoms with Gasteiger partial charge in [0, 0.05) is 5.54 Å². The van der Waals surface area contributed by atoms with Crippen molar-refractivity contribution in [3.8, 4) is 5.75 Å². The lowest BCUT2D eigenvalue weighted by Crippen LogP contribution is -2.57. The van der Waals surface area contributed by atoms with Gasteiger partial charge in [0.2, 0.25) is 0 Å². The summed E-state index contributed by atoms with van der Waals surface area (Å²) in [5.74, 6) is 0.738. The first-order valence-corrected chi connectivity index (χ1v) is 6.58. The summed E-state index contributed by atoms with van der Waals surface area (Å²) in [6.07, 6.45) is 0. The molecule has 0 radical (unpaired) electrons. The fourth-order valence-electron chi connectivity index (χ4n) is 2.09. The van der Waals surface area contributed by atoms with Crippen LogP contribution in [-0.2, 0) is 4.74 Å². The van der Waals surface area contributed by atoms with Gasteiger partial charge in [-0.05, 0) is 38.5 Å². The highest BCUT2D eigenvalue weighted by Crippen LogP contribution is 2.25. The highest BCUT2D eigenvalue weighted by atomic mass is 35.5. The van der Waals surface area contributed by atoms with E-state index < -0.39 is 0 Å². The molecule has 0 bridgehead atoms. The van der Waals surface area contributed by atoms with E-state index in [2.05, 4.69) is 19.2 Å². The number of morpholine rings is 1. The first kappa shape index (κ1) is 13.7. The van der Waals surface area contributed by atoms with Gasteiger partial charge in [-0.1, -0.05) is 17.7 Å². The Morgan fingerprint density at radius 1 is 1.50 bits per heavy atom. The summed E-state index contributed by atoms with van der Waals surface area (Å²) >= 11 is 6.09. The normalized spacial score (nSPS) is 22.8. The number of nitrogens with one attached hydrogen (secondary N) is 1. The van der Waals surface area contributed by atoms with Crippen molar-refractivity contribution in [2.75, 3.05) is 19.8 Å². The highest BCUT2D eigenvalue weighted by molar-refractivity contribution is 6.32. The molecule has 1 unspecified atom stereocenters. The van der Waals surface area contributed by atoms with Crippen molar-refractivity contribution in [1.29, 1.82) is 0 Å². The topological polar surface area (TPSA) is 30.5 Å². The van der Waals surface area contributed by atoms with Crippen molar-refractivity contribution in [2.45, 2.75) is 32.4 Å². The zero-order valence-corrected chi connectivity index (χ0v) is 11.9. The second kappa shape index (κ2) is 5.47. The Hall–Kier alpha value is -0.770. The van der Waals surface area contributed by atoms with E-state index in [4.69, 9.17) is 21.1 Å². The molecule has 1 heterocycles. The average molecular weight is 270 g/mol. The molecule has 4 heteroatoms. The number of hydrogen-bond donors (Lipinski definition) is 1. The first-order chi connectivity index (χ1) is 8.46. The van der Waals surface area contributed by atoms with Crippen LogP contribution in [0.2, 0.25) is 5.02 Å². The predicted octanol–water partition coefficient (Wildman–Crippen LogP) is 2.79. The minimum Gasteiger partial charge on any atom is -0.490 e. The molecular weight excluding hydrogens is 250 g/mol. The Balaban J connectivity index is 1.93. The van der Waals surface area contributed by atoms with E-state index in [0.29, 0.717) is 18.2 Å². The maximum absolute atomic E-state index is 6.09. The molecule has 1 aliphatic heterocycles. The molecule has 1 saturated heterocycles. The number of ether oxygens (including phenoxy) is 2. The summed E-state index contributed by atoms with van der Waals surface area (Å²) in [6, 6.07) is 5.99. The highest BCUT2D eigenvalue weighted by Gasteiger charge is 2.28. The molecule has 0 aromatic heterocycles. The molecule has 1 fully saturated rings. The third-order valence-corrected chi connectivity index (χ3v) is 3.22. The monoisotopic (exact) mass is 269 g/mol. The fourth-order valence-corrected chi connectivity index (χ4v) is 2.27. The minimum atomic E-state index is 0.00265. The molecule has 1 N–H and O–H groups in total. The van der Waals surface area contributed by atoms with Crippen molar-refractivity contribution in [1.82, 2.24) is 5.32 Å². The molecule has 0 aliphatic carbocycles. The Labute approximate surface area is 113 Å². The maximum Gasteiger partial charge on any atom is 0.138 e. The average Bonchev–Trinajstić information content (AvgIpc) is 2.29. The van der Waals surface area contributed by atoms with Crippen LogP contribution in [0.15, 0.2) is 18.2 Å². The zero-order valence-electron chi connectivity index (χ0n) is 11.1. The molecular formula is C14H20ClNO2. The van der Waals surface area contributed by atoms with Gasteiger partial charge in [0.05, 0.1) is 24.3 Å². The second-order valence-corrected chi connectivity index (χ2v) is 5.89. The van der Waals surface area contributed by atoms with E-state index in [-0.39, 0.29) is 11.6 Å². The molecule has 0 saturated carbocycles. The SMILES string of the molecule is Cc1ccc(Cl)c(OCC2COCC(C)(C)N2)c1. The molecule has 1 atom stereocenters. The lowest BCUT2D eigenvalue weighted by molar-refractivity contribution is 0.000953. The third kappa shape index (κ3) is 3.61. The van der Waals surface area contributed by atoms with Crippen LogP contribution in [0.3, 0.4) is 0 Å². The van der Waals surface area contributed by atoms with Crippen molar-refractivity contribution in [3.05, 3.63) is 28.8 Å². The van der Waals surface area contributed by atoms with Crippen LogP contribution in [0.5, 0.6) is 5.75 Å². The van der Waals surface area contributed by atoms with E-state index in [1.807, 2.05) is 25.1 Å². The largest absolute Gasteiger partial charge is 0.490 e. The van der Waals surface area contributed by atoms with Crippen LogP contribution in [0.4, 0.5) is 0 Å². The van der Waals surface area contributed by atoms with Crippen LogP contribution < -0.4 is 10.1 Å². The standard InChI is InChI=1S/C14H20ClNO2/c1-10-4-5-12(15)13(6-10)18-8-11-7-17-9-14(2,3)16-11/h4-6,11,16H,7-9H2,1-3H3. The van der Waals surface area contributed by atoms with Crippen LogP contribution >= 0.6 is 11.6 Å². The van der Waals surface area contributed by atoms with Gasteiger partial charge in [-0.25, -0.2) is 0 Å². The summed E-state index contributed by atoms with van der Waals surface area (Å²) in [4.78, 5) is 0. The van der Waals surface area contributed by atoms with Crippen LogP contribution in [0.25, 0.3) is 0 Å². The smallest absolute Gasteiger partial charge is 0.138 e. The summed E-state index contributed by atoms with van der Waals surface area (Å²) in [6.45, 7) is 8.24. The van der Waals surface area contributed by atoms with Gasteiger partial charge in [0.1, 0.15) is 12.4 Å². The van der Waals surface area contributed by atoms with Gasteiger partial charge in [-0.2, -0.15) is 0 Å². The summed E-state index contributed by atoms with van der Waals surface area (Å²) in [7, 11) is 0. The van der Waals surface area contributed by atoms with Crippen molar-refractivity contribution in [2.24, 2.45) is 0 Å². The Bertz CT molecular complexity index is 420. The lowest BCUT2D eigenvalue weighted by Gasteiger charge is -2.36. The van der Waals surface area contributed by atoms with E-state index >= 15 is 0 Å². The molecule has 1 aliphatic rings. The van der Waals surface area contributed by atoms with E-state index in [1.54, 1.807) is 0 Å². The molecule has 100 valence electrons. The summed E-state index contributed by atoms with van der Waals surface area (Å²) < 4.78 is 11.3. The molecule has 18 heavy (non-hydrogen) atoms. The Morgan fingerprint density at radius 3 is 3.00 bits per heavy atom. The second-order valence-electron chi connectivity index (χ2n) is 5.49. The van der Waals surface area contributed by atoms with Gasteiger partial charge < -0.3 is 14.8 Å². The van der Waals surface area contributed by atoms with Gasteiger partial charge in [-0.15, -0.1) is 0 Å². The number of halogens is 1. The van der Waals surface area contributed by atoms with Crippen molar-refractivity contribution >= 4 is 11.6 Å².